The number of nitrogens with zero attached hydrogens (tertiary/aromatic N) is 3. The molecule has 1 heterocycles. The van der Waals surface area contributed by atoms with Gasteiger partial charge in [-0.3, -0.25) is 0 Å². The van der Waals surface area contributed by atoms with Gasteiger partial charge in [-0.25, -0.2) is 0 Å². The Hall–Kier alpha value is -0.831. The molecule has 5 heteroatoms. The molecule has 0 saturated heterocycles. The Morgan fingerprint density at radius 1 is 1.18 bits per heavy atom. The molecule has 0 unspecified atom stereocenters. The van der Waals surface area contributed by atoms with Crippen LogP contribution in [0.25, 0.3) is 0 Å². The van der Waals surface area contributed by atoms with Crippen LogP contribution in [0.15, 0.2) is 35.4 Å². The first kappa shape index (κ1) is 12.6. The van der Waals surface area contributed by atoms with Crippen LogP contribution in [0.2, 0.25) is 0 Å². The molecule has 1 aromatic heterocycles. The van der Waals surface area contributed by atoms with Crippen LogP contribution >= 0.6 is 11.6 Å². The zero-order valence-electron chi connectivity index (χ0n) is 9.42. The van der Waals surface area contributed by atoms with Crippen molar-refractivity contribution in [1.29, 1.82) is 0 Å². The average molecular weight is 315 g/mol. The first-order valence-electron chi connectivity index (χ1n) is 5.51. The number of halogens is 1. The summed E-state index contributed by atoms with van der Waals surface area (Å²) in [6.45, 7) is 1.80. The SMILES string of the molecule is ClCCN(CCc1ccccc1)c1nnc[se]1. The molecular formula is C12H14ClN3Se. The van der Waals surface area contributed by atoms with Gasteiger partial charge in [0.05, 0.1) is 0 Å². The van der Waals surface area contributed by atoms with E-state index in [9.17, 15) is 0 Å². The van der Waals surface area contributed by atoms with Gasteiger partial charge in [-0.15, -0.1) is 0 Å². The second kappa shape index (κ2) is 6.80. The van der Waals surface area contributed by atoms with Crippen LogP contribution in [0.5, 0.6) is 0 Å². The third-order valence-corrected chi connectivity index (χ3v) is 4.23. The third kappa shape index (κ3) is 3.84. The molecule has 0 N–H and O–H groups in total. The molecule has 3 nitrogen and oxygen atoms in total. The minimum atomic E-state index is 0.281. The molecular weight excluding hydrogens is 301 g/mol. The Labute approximate surface area is 112 Å². The fourth-order valence-electron chi connectivity index (χ4n) is 1.62. The summed E-state index contributed by atoms with van der Waals surface area (Å²) in [5, 5.41) is 9.97. The number of alkyl halides is 1. The Kier molecular flexibility index (Phi) is 5.05. The van der Waals surface area contributed by atoms with Gasteiger partial charge in [-0.2, -0.15) is 0 Å². The number of hydrogen-bond acceptors (Lipinski definition) is 3. The van der Waals surface area contributed by atoms with E-state index in [0.717, 1.165) is 24.2 Å². The molecule has 0 aliphatic heterocycles. The zero-order chi connectivity index (χ0) is 11.9. The third-order valence-electron chi connectivity index (χ3n) is 2.49. The molecule has 0 fully saturated rings. The van der Waals surface area contributed by atoms with Gasteiger partial charge in [0.25, 0.3) is 0 Å². The molecule has 0 bridgehead atoms. The van der Waals surface area contributed by atoms with Crippen LogP contribution in [0.4, 0.5) is 4.69 Å². The van der Waals surface area contributed by atoms with Crippen molar-refractivity contribution >= 4 is 30.8 Å². The summed E-state index contributed by atoms with van der Waals surface area (Å²) in [5.74, 6) is 0.629. The second-order valence-electron chi connectivity index (χ2n) is 3.63. The van der Waals surface area contributed by atoms with E-state index in [4.69, 9.17) is 11.6 Å². The normalized spacial score (nSPS) is 10.4. The summed E-state index contributed by atoms with van der Waals surface area (Å²) in [4.78, 5) is 2.24. The molecule has 0 saturated carbocycles. The number of rotatable bonds is 6. The molecule has 90 valence electrons. The van der Waals surface area contributed by atoms with Crippen molar-refractivity contribution in [2.75, 3.05) is 23.9 Å². The Morgan fingerprint density at radius 3 is 2.65 bits per heavy atom. The van der Waals surface area contributed by atoms with Gasteiger partial charge in [-0.1, -0.05) is 0 Å². The van der Waals surface area contributed by atoms with Crippen LogP contribution in [0, 0.1) is 0 Å². The average Bonchev–Trinajstić information content (AvgIpc) is 2.89. The van der Waals surface area contributed by atoms with Gasteiger partial charge >= 0.3 is 112 Å². The van der Waals surface area contributed by atoms with Crippen molar-refractivity contribution in [2.45, 2.75) is 6.42 Å². The van der Waals surface area contributed by atoms with E-state index in [0.29, 0.717) is 5.88 Å². The van der Waals surface area contributed by atoms with E-state index < -0.39 is 0 Å². The summed E-state index contributed by atoms with van der Waals surface area (Å²) in [6, 6.07) is 10.5. The molecule has 2 rings (SSSR count). The van der Waals surface area contributed by atoms with Crippen molar-refractivity contribution in [1.82, 2.24) is 10.2 Å². The minimum absolute atomic E-state index is 0.281. The Balaban J connectivity index is 1.95. The van der Waals surface area contributed by atoms with Crippen LogP contribution < -0.4 is 4.90 Å². The van der Waals surface area contributed by atoms with Crippen LogP contribution in [-0.4, -0.2) is 43.7 Å². The van der Waals surface area contributed by atoms with E-state index in [-0.39, 0.29) is 14.5 Å². The molecule has 0 atom stereocenters. The van der Waals surface area contributed by atoms with E-state index in [1.165, 1.54) is 5.56 Å². The summed E-state index contributed by atoms with van der Waals surface area (Å²) in [5.41, 5.74) is 1.35. The molecule has 0 aliphatic rings. The fraction of sp³-hybridized carbons (Fsp3) is 0.333. The van der Waals surface area contributed by atoms with E-state index in [2.05, 4.69) is 39.4 Å². The van der Waals surface area contributed by atoms with E-state index in [1.807, 2.05) is 11.1 Å². The first-order chi connectivity index (χ1) is 8.40. The summed E-state index contributed by atoms with van der Waals surface area (Å²) in [6.07, 6.45) is 1.02. The van der Waals surface area contributed by atoms with Crippen LogP contribution in [-0.2, 0) is 6.42 Å². The Bertz CT molecular complexity index is 419. The van der Waals surface area contributed by atoms with Gasteiger partial charge < -0.3 is 0 Å². The van der Waals surface area contributed by atoms with Gasteiger partial charge in [0.2, 0.25) is 0 Å². The van der Waals surface area contributed by atoms with Crippen molar-refractivity contribution < 1.29 is 0 Å². The van der Waals surface area contributed by atoms with Crippen LogP contribution in [0.1, 0.15) is 5.56 Å². The van der Waals surface area contributed by atoms with Gasteiger partial charge in [0.1, 0.15) is 0 Å². The molecule has 17 heavy (non-hydrogen) atoms. The zero-order valence-corrected chi connectivity index (χ0v) is 11.9. The number of hydrogen-bond donors (Lipinski definition) is 0. The molecule has 0 radical (unpaired) electrons. The molecule has 0 spiro atoms. The molecule has 2 aromatic rings. The Morgan fingerprint density at radius 2 is 2.00 bits per heavy atom. The predicted molar refractivity (Wildman–Crippen MR) is 72.1 cm³/mol. The monoisotopic (exact) mass is 315 g/mol. The second-order valence-corrected chi connectivity index (χ2v) is 5.71. The van der Waals surface area contributed by atoms with Crippen molar-refractivity contribution in [3.8, 4) is 0 Å². The predicted octanol–water partition coefficient (Wildman–Crippen LogP) is 1.82. The molecule has 0 amide bonds. The quantitative estimate of drug-likeness (QED) is 0.601. The molecule has 1 aromatic carbocycles. The van der Waals surface area contributed by atoms with Crippen LogP contribution in [0.3, 0.4) is 0 Å². The number of benzene rings is 1. The van der Waals surface area contributed by atoms with E-state index >= 15 is 0 Å². The van der Waals surface area contributed by atoms with Crippen molar-refractivity contribution in [3.63, 3.8) is 0 Å². The fourth-order valence-corrected chi connectivity index (χ4v) is 3.11. The van der Waals surface area contributed by atoms with Crippen molar-refractivity contribution in [2.24, 2.45) is 0 Å². The first-order valence-corrected chi connectivity index (χ1v) is 7.89. The molecule has 0 aliphatic carbocycles. The maximum atomic E-state index is 5.83. The topological polar surface area (TPSA) is 29.0 Å². The van der Waals surface area contributed by atoms with Gasteiger partial charge in [-0.05, 0) is 0 Å². The summed E-state index contributed by atoms with van der Waals surface area (Å²) in [7, 11) is 0. The standard InChI is InChI=1S/C12H14ClN3Se/c13-7-9-16(12-15-14-10-17-12)8-6-11-4-2-1-3-5-11/h1-5,10H,6-9H2. The van der Waals surface area contributed by atoms with Gasteiger partial charge in [0, 0.05) is 0 Å². The summed E-state index contributed by atoms with van der Waals surface area (Å²) >= 11 is 6.11. The van der Waals surface area contributed by atoms with Crippen molar-refractivity contribution in [3.05, 3.63) is 41.0 Å². The van der Waals surface area contributed by atoms with E-state index in [1.54, 1.807) is 0 Å². The summed E-state index contributed by atoms with van der Waals surface area (Å²) < 4.78 is 1.09. The maximum absolute atomic E-state index is 5.83. The number of aromatic nitrogens is 2. The number of anilines is 1. The van der Waals surface area contributed by atoms with Gasteiger partial charge in [0.15, 0.2) is 0 Å².